The van der Waals surface area contributed by atoms with Crippen molar-refractivity contribution in [2.24, 2.45) is 10.9 Å². The molecule has 0 aromatic rings. The van der Waals surface area contributed by atoms with Gasteiger partial charge in [0.25, 0.3) is 0 Å². The van der Waals surface area contributed by atoms with Crippen LogP contribution in [0.25, 0.3) is 0 Å². The summed E-state index contributed by atoms with van der Waals surface area (Å²) in [5.74, 6) is 0.726. The van der Waals surface area contributed by atoms with Crippen LogP contribution in [0.15, 0.2) is 4.99 Å². The maximum absolute atomic E-state index is 8.18. The number of hydroxylamine groups is 1. The first-order valence-electron chi connectivity index (χ1n) is 2.98. The van der Waals surface area contributed by atoms with Gasteiger partial charge in [-0.3, -0.25) is 10.3 Å². The summed E-state index contributed by atoms with van der Waals surface area (Å²) in [4.78, 5) is 8.09. The molecule has 0 aliphatic carbocycles. The molecule has 0 bridgehead atoms. The zero-order chi connectivity index (χ0) is 7.98. The van der Waals surface area contributed by atoms with Crippen LogP contribution in [0, 0.1) is 17.4 Å². The summed E-state index contributed by atoms with van der Waals surface area (Å²) in [6.45, 7) is 3.84. The minimum Gasteiger partial charge on any atom is -0.278 e. The van der Waals surface area contributed by atoms with Gasteiger partial charge in [0.2, 0.25) is 6.19 Å². The molecule has 0 spiro atoms. The predicted molar refractivity (Wildman–Crippen MR) is 38.0 cm³/mol. The van der Waals surface area contributed by atoms with Gasteiger partial charge in [-0.05, 0) is 0 Å². The zero-order valence-electron chi connectivity index (χ0n) is 6.38. The molecular weight excluding hydrogens is 130 g/mol. The van der Waals surface area contributed by atoms with E-state index in [2.05, 4.69) is 15.3 Å². The first kappa shape index (κ1) is 8.92. The van der Waals surface area contributed by atoms with Gasteiger partial charge in [-0.1, -0.05) is 13.8 Å². The van der Waals surface area contributed by atoms with Crippen molar-refractivity contribution in [1.82, 2.24) is 5.48 Å². The average Bonchev–Trinajstić information content (AvgIpc) is 1.87. The standard InChI is InChI=1S/C6H11N3O/c1-5(2)6(8-4-7)9-10-3/h5H,1-3H3,(H,8,9). The molecule has 1 N–H and O–H groups in total. The molecule has 56 valence electrons. The van der Waals surface area contributed by atoms with Crippen LogP contribution in [0.3, 0.4) is 0 Å². The largest absolute Gasteiger partial charge is 0.278 e. The molecule has 0 aromatic heterocycles. The number of nitriles is 1. The lowest BCUT2D eigenvalue weighted by Crippen LogP contribution is -2.26. The summed E-state index contributed by atoms with van der Waals surface area (Å²) < 4.78 is 0. The van der Waals surface area contributed by atoms with E-state index >= 15 is 0 Å². The molecule has 0 heterocycles. The van der Waals surface area contributed by atoms with Crippen molar-refractivity contribution in [1.29, 1.82) is 5.26 Å². The molecule has 0 aliphatic rings. The highest BCUT2D eigenvalue weighted by molar-refractivity contribution is 5.83. The Balaban J connectivity index is 4.01. The van der Waals surface area contributed by atoms with Gasteiger partial charge < -0.3 is 0 Å². The van der Waals surface area contributed by atoms with Crippen LogP contribution in [0.4, 0.5) is 0 Å². The van der Waals surface area contributed by atoms with Gasteiger partial charge in [-0.15, -0.1) is 0 Å². The fourth-order valence-corrected chi connectivity index (χ4v) is 0.428. The lowest BCUT2D eigenvalue weighted by atomic mass is 10.2. The van der Waals surface area contributed by atoms with Crippen molar-refractivity contribution in [3.05, 3.63) is 0 Å². The van der Waals surface area contributed by atoms with Crippen LogP contribution < -0.4 is 5.48 Å². The van der Waals surface area contributed by atoms with Gasteiger partial charge in [0, 0.05) is 5.92 Å². The summed E-state index contributed by atoms with van der Waals surface area (Å²) in [6.07, 6.45) is 1.68. The maximum atomic E-state index is 8.18. The van der Waals surface area contributed by atoms with Gasteiger partial charge in [0.05, 0.1) is 7.11 Å². The van der Waals surface area contributed by atoms with Crippen molar-refractivity contribution in [2.45, 2.75) is 13.8 Å². The topological polar surface area (TPSA) is 57.4 Å². The molecule has 0 atom stereocenters. The molecular formula is C6H11N3O. The molecule has 0 rings (SSSR count). The van der Waals surface area contributed by atoms with Crippen molar-refractivity contribution in [3.63, 3.8) is 0 Å². The summed E-state index contributed by atoms with van der Waals surface area (Å²) >= 11 is 0. The predicted octanol–water partition coefficient (Wildman–Crippen LogP) is 0.673. The van der Waals surface area contributed by atoms with E-state index in [4.69, 9.17) is 5.26 Å². The highest BCUT2D eigenvalue weighted by Crippen LogP contribution is 1.92. The van der Waals surface area contributed by atoms with Gasteiger partial charge in [0.1, 0.15) is 5.84 Å². The Morgan fingerprint density at radius 2 is 2.30 bits per heavy atom. The summed E-state index contributed by atoms with van der Waals surface area (Å²) in [6, 6.07) is 0. The molecule has 0 saturated heterocycles. The summed E-state index contributed by atoms with van der Waals surface area (Å²) in [5, 5.41) is 8.18. The monoisotopic (exact) mass is 141 g/mol. The van der Waals surface area contributed by atoms with Gasteiger partial charge >= 0.3 is 0 Å². The number of nitrogens with one attached hydrogen (secondary N) is 1. The average molecular weight is 141 g/mol. The summed E-state index contributed by atoms with van der Waals surface area (Å²) in [7, 11) is 1.48. The third-order valence-corrected chi connectivity index (χ3v) is 0.924. The number of hydrogen-bond acceptors (Lipinski definition) is 3. The number of rotatable bonds is 2. The van der Waals surface area contributed by atoms with Crippen LogP contribution in [-0.2, 0) is 4.84 Å². The fourth-order valence-electron chi connectivity index (χ4n) is 0.428. The van der Waals surface area contributed by atoms with Crippen LogP contribution in [0.5, 0.6) is 0 Å². The van der Waals surface area contributed by atoms with E-state index in [1.165, 1.54) is 7.11 Å². The Bertz CT molecular complexity index is 157. The minimum absolute atomic E-state index is 0.180. The Morgan fingerprint density at radius 3 is 2.60 bits per heavy atom. The van der Waals surface area contributed by atoms with Crippen LogP contribution >= 0.6 is 0 Å². The maximum Gasteiger partial charge on any atom is 0.207 e. The summed E-state index contributed by atoms with van der Waals surface area (Å²) in [5.41, 5.74) is 2.51. The fraction of sp³-hybridized carbons (Fsp3) is 0.667. The number of amidine groups is 1. The lowest BCUT2D eigenvalue weighted by molar-refractivity contribution is 0.140. The Morgan fingerprint density at radius 1 is 1.70 bits per heavy atom. The van der Waals surface area contributed by atoms with E-state index in [1.54, 1.807) is 6.19 Å². The van der Waals surface area contributed by atoms with Crippen molar-refractivity contribution in [3.8, 4) is 6.19 Å². The van der Waals surface area contributed by atoms with Gasteiger partial charge in [0.15, 0.2) is 0 Å². The Kier molecular flexibility index (Phi) is 4.25. The molecule has 4 nitrogen and oxygen atoms in total. The lowest BCUT2D eigenvalue weighted by Gasteiger charge is -2.07. The molecule has 4 heteroatoms. The van der Waals surface area contributed by atoms with Crippen LogP contribution in [0.1, 0.15) is 13.8 Å². The van der Waals surface area contributed by atoms with Crippen molar-refractivity contribution in [2.75, 3.05) is 7.11 Å². The molecule has 10 heavy (non-hydrogen) atoms. The second-order valence-corrected chi connectivity index (χ2v) is 2.06. The highest BCUT2D eigenvalue weighted by Gasteiger charge is 2.02. The number of aliphatic imine (C=N–C) groups is 1. The van der Waals surface area contributed by atoms with E-state index < -0.39 is 0 Å². The third-order valence-electron chi connectivity index (χ3n) is 0.924. The molecule has 0 unspecified atom stereocenters. The second kappa shape index (κ2) is 4.77. The number of nitrogens with zero attached hydrogens (tertiary/aromatic N) is 2. The Labute approximate surface area is 60.5 Å². The van der Waals surface area contributed by atoms with Crippen LogP contribution in [0.2, 0.25) is 0 Å². The van der Waals surface area contributed by atoms with E-state index in [-0.39, 0.29) is 5.92 Å². The van der Waals surface area contributed by atoms with E-state index in [0.29, 0.717) is 5.84 Å². The van der Waals surface area contributed by atoms with Crippen molar-refractivity contribution >= 4 is 5.84 Å². The quantitative estimate of drug-likeness (QED) is 0.266. The first-order chi connectivity index (χ1) is 4.72. The first-order valence-corrected chi connectivity index (χ1v) is 2.98. The SMILES string of the molecule is CONC(=NC#N)C(C)C. The zero-order valence-corrected chi connectivity index (χ0v) is 6.38. The molecule has 0 amide bonds. The third kappa shape index (κ3) is 3.05. The van der Waals surface area contributed by atoms with Crippen molar-refractivity contribution < 1.29 is 4.84 Å². The molecule has 0 saturated carbocycles. The molecule has 0 radical (unpaired) electrons. The van der Waals surface area contributed by atoms with E-state index in [9.17, 15) is 0 Å². The number of hydrogen-bond donors (Lipinski definition) is 1. The minimum atomic E-state index is 0.180. The van der Waals surface area contributed by atoms with Gasteiger partial charge in [-0.25, -0.2) is 0 Å². The molecule has 0 fully saturated rings. The van der Waals surface area contributed by atoms with E-state index in [0.717, 1.165) is 0 Å². The highest BCUT2D eigenvalue weighted by atomic mass is 16.6. The van der Waals surface area contributed by atoms with E-state index in [1.807, 2.05) is 13.8 Å². The normalized spacial score (nSPS) is 11.3. The Hall–Kier alpha value is -1.08. The second-order valence-electron chi connectivity index (χ2n) is 2.06. The van der Waals surface area contributed by atoms with Crippen LogP contribution in [-0.4, -0.2) is 12.9 Å². The molecule has 0 aliphatic heterocycles. The molecule has 0 aromatic carbocycles. The smallest absolute Gasteiger partial charge is 0.207 e. The van der Waals surface area contributed by atoms with Gasteiger partial charge in [-0.2, -0.15) is 10.3 Å².